The second-order valence-corrected chi connectivity index (χ2v) is 8.11. The molecule has 1 saturated heterocycles. The van der Waals surface area contributed by atoms with E-state index in [1.165, 1.54) is 18.4 Å². The van der Waals surface area contributed by atoms with Gasteiger partial charge in [0.25, 0.3) is 0 Å². The molecule has 0 spiro atoms. The summed E-state index contributed by atoms with van der Waals surface area (Å²) in [6.07, 6.45) is 3.86. The van der Waals surface area contributed by atoms with Gasteiger partial charge in [-0.2, -0.15) is 0 Å². The van der Waals surface area contributed by atoms with Crippen molar-refractivity contribution < 1.29 is 4.74 Å². The number of rotatable bonds is 6. The fourth-order valence-electron chi connectivity index (χ4n) is 3.22. The molecule has 0 amide bonds. The topological polar surface area (TPSA) is 39.9 Å². The third-order valence-electron chi connectivity index (χ3n) is 4.68. The minimum absolute atomic E-state index is 0.310. The fraction of sp³-hybridized carbons (Fsp3) is 0.333. The molecule has 27 heavy (non-hydrogen) atoms. The molecular formula is C21H22ClN3OS. The molecule has 0 aliphatic carbocycles. The third-order valence-corrected chi connectivity index (χ3v) is 6.03. The smallest absolute Gasteiger partial charge is 0.191 e. The molecule has 0 bridgehead atoms. The minimum Gasteiger partial charge on any atom is -0.377 e. The zero-order valence-electron chi connectivity index (χ0n) is 15.1. The Morgan fingerprint density at radius 1 is 1.04 bits per heavy atom. The molecule has 1 unspecified atom stereocenters. The van der Waals surface area contributed by atoms with E-state index in [9.17, 15) is 0 Å². The maximum absolute atomic E-state index is 6.05. The second-order valence-electron chi connectivity index (χ2n) is 6.68. The van der Waals surface area contributed by atoms with Crippen LogP contribution in [0.5, 0.6) is 0 Å². The summed E-state index contributed by atoms with van der Waals surface area (Å²) in [4.78, 5) is 0. The standard InChI is InChI=1S/C21H22ClN3OS/c22-18-11-9-17(10-12-18)20-23-24-21(27-15-19-8-4-5-13-26-19)25(20)14-16-6-2-1-3-7-16/h1-3,6-7,9-12,19H,4-5,8,13-15H2. The van der Waals surface area contributed by atoms with E-state index in [1.54, 1.807) is 11.8 Å². The van der Waals surface area contributed by atoms with Crippen molar-refractivity contribution in [1.82, 2.24) is 14.8 Å². The van der Waals surface area contributed by atoms with Gasteiger partial charge < -0.3 is 4.74 Å². The highest BCUT2D eigenvalue weighted by molar-refractivity contribution is 7.99. The predicted molar refractivity (Wildman–Crippen MR) is 110 cm³/mol. The first-order valence-electron chi connectivity index (χ1n) is 9.27. The van der Waals surface area contributed by atoms with Gasteiger partial charge in [-0.1, -0.05) is 53.7 Å². The number of ether oxygens (including phenoxy) is 1. The minimum atomic E-state index is 0.310. The van der Waals surface area contributed by atoms with E-state index in [4.69, 9.17) is 16.3 Å². The number of thioether (sulfide) groups is 1. The normalized spacial score (nSPS) is 17.1. The summed E-state index contributed by atoms with van der Waals surface area (Å²) in [6, 6.07) is 18.2. The van der Waals surface area contributed by atoms with Crippen LogP contribution in [0.3, 0.4) is 0 Å². The van der Waals surface area contributed by atoms with E-state index < -0.39 is 0 Å². The lowest BCUT2D eigenvalue weighted by Crippen LogP contribution is -2.21. The van der Waals surface area contributed by atoms with Crippen LogP contribution in [-0.4, -0.2) is 33.2 Å². The van der Waals surface area contributed by atoms with E-state index in [0.29, 0.717) is 6.10 Å². The van der Waals surface area contributed by atoms with Crippen LogP contribution >= 0.6 is 23.4 Å². The van der Waals surface area contributed by atoms with E-state index in [2.05, 4.69) is 39.0 Å². The van der Waals surface area contributed by atoms with Crippen molar-refractivity contribution in [3.63, 3.8) is 0 Å². The van der Waals surface area contributed by atoms with Gasteiger partial charge in [-0.25, -0.2) is 0 Å². The van der Waals surface area contributed by atoms with Gasteiger partial charge in [-0.3, -0.25) is 4.57 Å². The fourth-order valence-corrected chi connectivity index (χ4v) is 4.35. The third kappa shape index (κ3) is 4.72. The maximum Gasteiger partial charge on any atom is 0.191 e. The SMILES string of the molecule is Clc1ccc(-c2nnc(SCC3CCCCO3)n2Cc2ccccc2)cc1. The summed E-state index contributed by atoms with van der Waals surface area (Å²) in [5, 5.41) is 10.6. The van der Waals surface area contributed by atoms with Crippen molar-refractivity contribution in [2.75, 3.05) is 12.4 Å². The highest BCUT2D eigenvalue weighted by Crippen LogP contribution is 2.28. The molecular weight excluding hydrogens is 378 g/mol. The van der Waals surface area contributed by atoms with Gasteiger partial charge in [0.15, 0.2) is 11.0 Å². The number of benzene rings is 2. The van der Waals surface area contributed by atoms with Gasteiger partial charge in [0.2, 0.25) is 0 Å². The summed E-state index contributed by atoms with van der Waals surface area (Å²) in [6.45, 7) is 1.61. The molecule has 0 saturated carbocycles. The van der Waals surface area contributed by atoms with Crippen LogP contribution in [0.4, 0.5) is 0 Å². The Morgan fingerprint density at radius 2 is 1.85 bits per heavy atom. The Hall–Kier alpha value is -1.82. The summed E-state index contributed by atoms with van der Waals surface area (Å²) < 4.78 is 8.06. The van der Waals surface area contributed by atoms with Gasteiger partial charge in [0.05, 0.1) is 12.6 Å². The van der Waals surface area contributed by atoms with Crippen molar-refractivity contribution in [2.45, 2.75) is 37.1 Å². The number of halogens is 1. The average Bonchev–Trinajstić information content (AvgIpc) is 3.11. The van der Waals surface area contributed by atoms with Crippen LogP contribution < -0.4 is 0 Å². The van der Waals surface area contributed by atoms with E-state index in [1.807, 2.05) is 30.3 Å². The molecule has 0 radical (unpaired) electrons. The number of nitrogens with zero attached hydrogens (tertiary/aromatic N) is 3. The second kappa shape index (κ2) is 8.91. The summed E-state index contributed by atoms with van der Waals surface area (Å²) in [7, 11) is 0. The van der Waals surface area contributed by atoms with Gasteiger partial charge in [0.1, 0.15) is 0 Å². The monoisotopic (exact) mass is 399 g/mol. The molecule has 2 aromatic carbocycles. The number of aromatic nitrogens is 3. The number of hydrogen-bond donors (Lipinski definition) is 0. The molecule has 140 valence electrons. The first-order valence-corrected chi connectivity index (χ1v) is 10.6. The molecule has 0 N–H and O–H groups in total. The highest BCUT2D eigenvalue weighted by atomic mass is 35.5. The van der Waals surface area contributed by atoms with Crippen molar-refractivity contribution in [1.29, 1.82) is 0 Å². The van der Waals surface area contributed by atoms with Crippen LogP contribution in [-0.2, 0) is 11.3 Å². The molecule has 1 aliphatic heterocycles. The Kier molecular flexibility index (Phi) is 6.12. The molecule has 4 rings (SSSR count). The van der Waals surface area contributed by atoms with Crippen molar-refractivity contribution in [3.05, 3.63) is 65.2 Å². The Morgan fingerprint density at radius 3 is 2.59 bits per heavy atom. The zero-order valence-corrected chi connectivity index (χ0v) is 16.6. The van der Waals surface area contributed by atoms with Crippen LogP contribution in [0.25, 0.3) is 11.4 Å². The lowest BCUT2D eigenvalue weighted by atomic mass is 10.1. The molecule has 1 fully saturated rings. The van der Waals surface area contributed by atoms with Gasteiger partial charge >= 0.3 is 0 Å². The molecule has 4 nitrogen and oxygen atoms in total. The van der Waals surface area contributed by atoms with Gasteiger partial charge in [0, 0.05) is 22.9 Å². The first-order chi connectivity index (χ1) is 13.3. The lowest BCUT2D eigenvalue weighted by Gasteiger charge is -2.22. The Labute approximate surface area is 168 Å². The van der Waals surface area contributed by atoms with Crippen LogP contribution in [0, 0.1) is 0 Å². The van der Waals surface area contributed by atoms with Crippen LogP contribution in [0.2, 0.25) is 5.02 Å². The van der Waals surface area contributed by atoms with E-state index in [-0.39, 0.29) is 0 Å². The van der Waals surface area contributed by atoms with Crippen molar-refractivity contribution in [3.8, 4) is 11.4 Å². The number of hydrogen-bond acceptors (Lipinski definition) is 4. The lowest BCUT2D eigenvalue weighted by molar-refractivity contribution is 0.0315. The quantitative estimate of drug-likeness (QED) is 0.527. The molecule has 1 atom stereocenters. The average molecular weight is 400 g/mol. The summed E-state index contributed by atoms with van der Waals surface area (Å²) in [5.41, 5.74) is 2.24. The van der Waals surface area contributed by atoms with Gasteiger partial charge in [-0.15, -0.1) is 10.2 Å². The van der Waals surface area contributed by atoms with Crippen LogP contribution in [0.1, 0.15) is 24.8 Å². The van der Waals surface area contributed by atoms with Crippen molar-refractivity contribution >= 4 is 23.4 Å². The zero-order chi connectivity index (χ0) is 18.5. The summed E-state index contributed by atoms with van der Waals surface area (Å²) in [5.74, 6) is 1.77. The Bertz CT molecular complexity index is 861. The molecule has 2 heterocycles. The van der Waals surface area contributed by atoms with E-state index >= 15 is 0 Å². The molecule has 1 aromatic heterocycles. The molecule has 6 heteroatoms. The van der Waals surface area contributed by atoms with E-state index in [0.717, 1.165) is 46.9 Å². The molecule has 1 aliphatic rings. The van der Waals surface area contributed by atoms with Crippen LogP contribution in [0.15, 0.2) is 59.8 Å². The first kappa shape index (κ1) is 18.5. The van der Waals surface area contributed by atoms with Gasteiger partial charge in [-0.05, 0) is 49.1 Å². The largest absolute Gasteiger partial charge is 0.377 e. The van der Waals surface area contributed by atoms with Crippen molar-refractivity contribution in [2.24, 2.45) is 0 Å². The predicted octanol–water partition coefficient (Wildman–Crippen LogP) is 5.31. The summed E-state index contributed by atoms with van der Waals surface area (Å²) >= 11 is 7.78. The maximum atomic E-state index is 6.05. The molecule has 3 aromatic rings. The Balaban J connectivity index is 1.60. The highest BCUT2D eigenvalue weighted by Gasteiger charge is 2.19.